The van der Waals surface area contributed by atoms with E-state index < -0.39 is 0 Å². The molecule has 0 saturated heterocycles. The topological polar surface area (TPSA) is 64.9 Å². The van der Waals surface area contributed by atoms with Crippen LogP contribution in [-0.2, 0) is 0 Å². The molecule has 1 fully saturated rings. The third kappa shape index (κ3) is 2.16. The largest absolute Gasteiger partial charge is 0.423 e. The highest BCUT2D eigenvalue weighted by molar-refractivity contribution is 5.22. The van der Waals surface area contributed by atoms with E-state index in [2.05, 4.69) is 10.2 Å². The number of nitrogens with two attached hydrogens (primary N) is 1. The van der Waals surface area contributed by atoms with E-state index in [0.717, 1.165) is 24.3 Å². The number of hydrogen-bond donors (Lipinski definition) is 1. The fraction of sp³-hybridized carbons (Fsp3) is 0.429. The standard InChI is InChI=1S/C14H17N3O/c15-12(10-6-2-1-3-7-10)14-17-16-13(18-14)11-8-4-5-9-11/h1-3,6-7,11-12H,4-5,8-9,15H2. The first kappa shape index (κ1) is 11.4. The predicted molar refractivity (Wildman–Crippen MR) is 68.0 cm³/mol. The average Bonchev–Trinajstić information content (AvgIpc) is 3.09. The summed E-state index contributed by atoms with van der Waals surface area (Å²) in [6, 6.07) is 9.52. The number of rotatable bonds is 3. The Labute approximate surface area is 106 Å². The molecule has 1 aliphatic rings. The Morgan fingerprint density at radius 1 is 1.11 bits per heavy atom. The summed E-state index contributed by atoms with van der Waals surface area (Å²) in [4.78, 5) is 0. The molecule has 1 aromatic heterocycles. The van der Waals surface area contributed by atoms with E-state index in [1.807, 2.05) is 30.3 Å². The summed E-state index contributed by atoms with van der Waals surface area (Å²) in [5.41, 5.74) is 7.13. The maximum Gasteiger partial charge on any atom is 0.237 e. The normalized spacial score (nSPS) is 18.1. The van der Waals surface area contributed by atoms with Crippen molar-refractivity contribution in [2.75, 3.05) is 0 Å². The Morgan fingerprint density at radius 2 is 1.83 bits per heavy atom. The summed E-state index contributed by atoms with van der Waals surface area (Å²) in [5.74, 6) is 1.71. The molecular formula is C14H17N3O. The summed E-state index contributed by atoms with van der Waals surface area (Å²) in [5, 5.41) is 8.24. The van der Waals surface area contributed by atoms with Crippen LogP contribution in [0, 0.1) is 0 Å². The molecule has 2 N–H and O–H groups in total. The van der Waals surface area contributed by atoms with E-state index in [4.69, 9.17) is 10.2 Å². The van der Waals surface area contributed by atoms with Gasteiger partial charge in [0, 0.05) is 5.92 Å². The smallest absolute Gasteiger partial charge is 0.237 e. The molecule has 18 heavy (non-hydrogen) atoms. The van der Waals surface area contributed by atoms with Crippen molar-refractivity contribution in [3.63, 3.8) is 0 Å². The molecule has 1 unspecified atom stereocenters. The third-order valence-corrected chi connectivity index (χ3v) is 3.59. The van der Waals surface area contributed by atoms with Crippen LogP contribution in [0.4, 0.5) is 0 Å². The summed E-state index contributed by atoms with van der Waals surface area (Å²) in [7, 11) is 0. The lowest BCUT2D eigenvalue weighted by Crippen LogP contribution is -2.12. The van der Waals surface area contributed by atoms with Crippen molar-refractivity contribution in [2.45, 2.75) is 37.6 Å². The highest BCUT2D eigenvalue weighted by Crippen LogP contribution is 2.33. The van der Waals surface area contributed by atoms with Crippen LogP contribution < -0.4 is 5.73 Å². The van der Waals surface area contributed by atoms with E-state index in [9.17, 15) is 0 Å². The van der Waals surface area contributed by atoms with Gasteiger partial charge in [-0.3, -0.25) is 0 Å². The summed E-state index contributed by atoms with van der Waals surface area (Å²) in [6.45, 7) is 0. The molecule has 0 spiro atoms. The molecule has 2 aromatic rings. The maximum absolute atomic E-state index is 6.13. The molecule has 0 amide bonds. The van der Waals surface area contributed by atoms with Gasteiger partial charge in [-0.25, -0.2) is 0 Å². The first-order chi connectivity index (χ1) is 8.84. The molecule has 94 valence electrons. The van der Waals surface area contributed by atoms with Crippen molar-refractivity contribution in [3.8, 4) is 0 Å². The van der Waals surface area contributed by atoms with Gasteiger partial charge in [0.2, 0.25) is 11.8 Å². The molecule has 3 rings (SSSR count). The first-order valence-corrected chi connectivity index (χ1v) is 6.48. The molecule has 1 aliphatic carbocycles. The highest BCUT2D eigenvalue weighted by Gasteiger charge is 2.24. The maximum atomic E-state index is 6.13. The Hall–Kier alpha value is -1.68. The molecule has 1 atom stereocenters. The van der Waals surface area contributed by atoms with Crippen LogP contribution >= 0.6 is 0 Å². The molecule has 1 heterocycles. The van der Waals surface area contributed by atoms with E-state index in [1.165, 1.54) is 12.8 Å². The molecule has 4 heteroatoms. The molecule has 0 aliphatic heterocycles. The quantitative estimate of drug-likeness (QED) is 0.900. The minimum Gasteiger partial charge on any atom is -0.423 e. The van der Waals surface area contributed by atoms with Crippen LogP contribution in [-0.4, -0.2) is 10.2 Å². The zero-order valence-electron chi connectivity index (χ0n) is 10.2. The van der Waals surface area contributed by atoms with Gasteiger partial charge in [-0.15, -0.1) is 10.2 Å². The van der Waals surface area contributed by atoms with Gasteiger partial charge < -0.3 is 10.2 Å². The predicted octanol–water partition coefficient (Wildman–Crippen LogP) is 2.78. The second-order valence-corrected chi connectivity index (χ2v) is 4.85. The van der Waals surface area contributed by atoms with Crippen molar-refractivity contribution in [1.29, 1.82) is 0 Å². The van der Waals surface area contributed by atoms with Gasteiger partial charge in [-0.05, 0) is 18.4 Å². The number of nitrogens with zero attached hydrogens (tertiary/aromatic N) is 2. The second-order valence-electron chi connectivity index (χ2n) is 4.85. The second kappa shape index (κ2) is 4.90. The molecule has 1 aromatic carbocycles. The minimum absolute atomic E-state index is 0.325. The van der Waals surface area contributed by atoms with E-state index in [-0.39, 0.29) is 6.04 Å². The van der Waals surface area contributed by atoms with Crippen LogP contribution in [0.2, 0.25) is 0 Å². The molecule has 1 saturated carbocycles. The SMILES string of the molecule is NC(c1ccccc1)c1nnc(C2CCCC2)o1. The number of benzene rings is 1. The van der Waals surface area contributed by atoms with Gasteiger partial charge in [0.25, 0.3) is 0 Å². The lowest BCUT2D eigenvalue weighted by molar-refractivity contribution is 0.405. The monoisotopic (exact) mass is 243 g/mol. The molecular weight excluding hydrogens is 226 g/mol. The van der Waals surface area contributed by atoms with Crippen LogP contribution in [0.5, 0.6) is 0 Å². The Bertz CT molecular complexity index is 503. The lowest BCUT2D eigenvalue weighted by atomic mass is 10.1. The Kier molecular flexibility index (Phi) is 3.11. The van der Waals surface area contributed by atoms with Crippen molar-refractivity contribution < 1.29 is 4.42 Å². The van der Waals surface area contributed by atoms with E-state index in [1.54, 1.807) is 0 Å². The van der Waals surface area contributed by atoms with Gasteiger partial charge in [-0.1, -0.05) is 43.2 Å². The first-order valence-electron chi connectivity index (χ1n) is 6.48. The average molecular weight is 243 g/mol. The van der Waals surface area contributed by atoms with Gasteiger partial charge in [0.15, 0.2) is 0 Å². The van der Waals surface area contributed by atoms with Crippen molar-refractivity contribution >= 4 is 0 Å². The van der Waals surface area contributed by atoms with Crippen LogP contribution in [0.3, 0.4) is 0 Å². The fourth-order valence-electron chi connectivity index (χ4n) is 2.51. The van der Waals surface area contributed by atoms with Crippen LogP contribution in [0.1, 0.15) is 55.0 Å². The summed E-state index contributed by atoms with van der Waals surface area (Å²) in [6.07, 6.45) is 4.82. The van der Waals surface area contributed by atoms with Crippen molar-refractivity contribution in [1.82, 2.24) is 10.2 Å². The molecule has 0 bridgehead atoms. The highest BCUT2D eigenvalue weighted by atomic mass is 16.4. The van der Waals surface area contributed by atoms with Crippen molar-refractivity contribution in [3.05, 3.63) is 47.7 Å². The van der Waals surface area contributed by atoms with E-state index in [0.29, 0.717) is 11.8 Å². The number of hydrogen-bond acceptors (Lipinski definition) is 4. The van der Waals surface area contributed by atoms with Gasteiger partial charge in [0.05, 0.1) is 0 Å². The van der Waals surface area contributed by atoms with Crippen LogP contribution in [0.25, 0.3) is 0 Å². The number of aromatic nitrogens is 2. The minimum atomic E-state index is -0.325. The summed E-state index contributed by atoms with van der Waals surface area (Å²) < 4.78 is 5.74. The zero-order chi connectivity index (χ0) is 12.4. The Balaban J connectivity index is 1.80. The summed E-state index contributed by atoms with van der Waals surface area (Å²) >= 11 is 0. The zero-order valence-corrected chi connectivity index (χ0v) is 10.2. The Morgan fingerprint density at radius 3 is 2.56 bits per heavy atom. The van der Waals surface area contributed by atoms with E-state index >= 15 is 0 Å². The lowest BCUT2D eigenvalue weighted by Gasteiger charge is -2.07. The van der Waals surface area contributed by atoms with Crippen LogP contribution in [0.15, 0.2) is 34.7 Å². The molecule has 4 nitrogen and oxygen atoms in total. The van der Waals surface area contributed by atoms with Gasteiger partial charge >= 0.3 is 0 Å². The van der Waals surface area contributed by atoms with Crippen molar-refractivity contribution in [2.24, 2.45) is 5.73 Å². The molecule has 0 radical (unpaired) electrons. The van der Waals surface area contributed by atoms with Gasteiger partial charge in [0.1, 0.15) is 6.04 Å². The third-order valence-electron chi connectivity index (χ3n) is 3.59. The van der Waals surface area contributed by atoms with Gasteiger partial charge in [-0.2, -0.15) is 0 Å². The fourth-order valence-corrected chi connectivity index (χ4v) is 2.51.